The molecule has 0 saturated carbocycles. The molecule has 0 radical (unpaired) electrons. The van der Waals surface area contributed by atoms with Crippen LogP contribution in [0.1, 0.15) is 0 Å². The van der Waals surface area contributed by atoms with Crippen LogP contribution in [0.15, 0.2) is 79.1 Å². The van der Waals surface area contributed by atoms with Gasteiger partial charge in [0.05, 0.1) is 12.2 Å². The Labute approximate surface area is 301 Å². The molecule has 0 aliphatic heterocycles. The van der Waals surface area contributed by atoms with Gasteiger partial charge in [0.2, 0.25) is 0 Å². The number of aliphatic hydroxyl groups is 4. The minimum absolute atomic E-state index is 0. The maximum atomic E-state index is 11.1. The predicted octanol–water partition coefficient (Wildman–Crippen LogP) is 2.61. The van der Waals surface area contributed by atoms with Crippen LogP contribution in [-0.4, -0.2) is 97.7 Å². The summed E-state index contributed by atoms with van der Waals surface area (Å²) in [6, 6.07) is 16.3. The number of hydrogen-bond donors (Lipinski definition) is 4. The van der Waals surface area contributed by atoms with Gasteiger partial charge in [0.25, 0.3) is 0 Å². The monoisotopic (exact) mass is 1540 g/mol. The van der Waals surface area contributed by atoms with E-state index in [1.165, 1.54) is 12.1 Å². The third kappa shape index (κ3) is 22.6. The Morgan fingerprint density at radius 1 is 0.436 bits per heavy atom. The maximum Gasteiger partial charge on any atom is 0.336 e. The van der Waals surface area contributed by atoms with Gasteiger partial charge in [0, 0.05) is 74.7 Å². The van der Waals surface area contributed by atoms with Gasteiger partial charge < -0.3 is 67.2 Å². The van der Waals surface area contributed by atoms with Crippen molar-refractivity contribution in [1.82, 2.24) is 0 Å². The van der Waals surface area contributed by atoms with Crippen LogP contribution in [0, 0.1) is 42.7 Å². The van der Waals surface area contributed by atoms with E-state index in [2.05, 4.69) is 71.1 Å². The van der Waals surface area contributed by atoms with Gasteiger partial charge >= 0.3 is 11.3 Å². The SMILES string of the molecule is [CH2-]OCC(O)CO[CH2-].[CH2-]OCC(O)CO[CH2-].[CH2-]OCC(O)COc1ccc2ccc(=O)oc2c1.[CH2-]OCC(O)COc1ccc2ccc(=O)oc2c1.[Rf].[Rf].[Rf]. The average Bonchev–Trinajstić information content (AvgIpc) is 3.11. The first kappa shape index (κ1) is 52.4. The number of hydrogen-bond acceptors (Lipinski definition) is 16. The normalized spacial score (nSPS) is 11.3. The van der Waals surface area contributed by atoms with Crippen molar-refractivity contribution < 1.29 is 67.2 Å². The van der Waals surface area contributed by atoms with E-state index >= 15 is 0 Å². The summed E-state index contributed by atoms with van der Waals surface area (Å²) in [5.41, 5.74) is 0.0704. The van der Waals surface area contributed by atoms with Crippen molar-refractivity contribution in [1.29, 1.82) is 0 Å². The van der Waals surface area contributed by atoms with Crippen molar-refractivity contribution in [3.63, 3.8) is 0 Å². The van der Waals surface area contributed by atoms with Crippen LogP contribution >= 0.6 is 0 Å². The summed E-state index contributed by atoms with van der Waals surface area (Å²) in [6.45, 7) is 1.12. The van der Waals surface area contributed by atoms with Gasteiger partial charge in [0.15, 0.2) is 0 Å². The molecule has 0 aliphatic rings. The van der Waals surface area contributed by atoms with Gasteiger partial charge in [-0.05, 0) is 36.4 Å². The first-order chi connectivity index (χ1) is 25.0. The van der Waals surface area contributed by atoms with E-state index < -0.39 is 35.7 Å². The Kier molecular flexibility index (Phi) is 29.2. The van der Waals surface area contributed by atoms with Crippen molar-refractivity contribution in [2.75, 3.05) is 52.9 Å². The second kappa shape index (κ2) is 30.7. The van der Waals surface area contributed by atoms with Crippen LogP contribution in [0.25, 0.3) is 21.9 Å². The first-order valence-corrected chi connectivity index (χ1v) is 15.3. The van der Waals surface area contributed by atoms with E-state index in [0.29, 0.717) is 22.7 Å². The van der Waals surface area contributed by atoms with Crippen molar-refractivity contribution >= 4 is 21.9 Å². The molecule has 4 rings (SSSR count). The number of aliphatic hydroxyl groups excluding tert-OH is 4. The summed E-state index contributed by atoms with van der Waals surface area (Å²) in [4.78, 5) is 22.2. The fourth-order valence-corrected chi connectivity index (χ4v) is 3.66. The van der Waals surface area contributed by atoms with Crippen molar-refractivity contribution in [2.45, 2.75) is 24.4 Å². The maximum absolute atomic E-state index is 11.1. The summed E-state index contributed by atoms with van der Waals surface area (Å²) < 4.78 is 47.2. The Morgan fingerprint density at radius 2 is 0.691 bits per heavy atom. The third-order valence-corrected chi connectivity index (χ3v) is 5.94. The summed E-state index contributed by atoms with van der Waals surface area (Å²) in [5.74, 6) is 1.03. The second-order valence-electron chi connectivity index (χ2n) is 10.4. The topological polar surface area (TPSA) is 215 Å². The molecule has 2 aromatic heterocycles. The van der Waals surface area contributed by atoms with Crippen LogP contribution in [0.2, 0.25) is 0 Å². The Hall–Kier alpha value is -6.94. The van der Waals surface area contributed by atoms with E-state index in [9.17, 15) is 19.8 Å². The Morgan fingerprint density at radius 3 is 0.964 bits per heavy atom. The molecule has 2 heterocycles. The van der Waals surface area contributed by atoms with E-state index in [1.807, 2.05) is 0 Å². The molecule has 19 heteroatoms. The zero-order chi connectivity index (χ0) is 38.7. The number of ether oxygens (including phenoxy) is 8. The standard InChI is InChI=1S/2C13H13O5.2C5H10O3.3Rf/c2*1-16-7-10(14)8-17-11-4-2-9-3-5-13(15)18-12(9)6-11;2*1-7-3-5(6)4-8-2;;;/h2*2-6,10,14H,1,7-8H2;2*5-6H,1-4H2;;;/q2*-1;2*-2;;;. The summed E-state index contributed by atoms with van der Waals surface area (Å²) in [5, 5.41) is 37.9. The van der Waals surface area contributed by atoms with Gasteiger partial charge in [-0.3, -0.25) is 0 Å². The van der Waals surface area contributed by atoms with E-state index in [-0.39, 0.29) is 52.9 Å². The fraction of sp³-hybridized carbons (Fsp3) is 0.333. The molecule has 0 fully saturated rings. The van der Waals surface area contributed by atoms with E-state index in [4.69, 9.17) is 28.5 Å². The summed E-state index contributed by atoms with van der Waals surface area (Å²) in [7, 11) is 18.6. The number of fused-ring (bicyclic) bond motifs is 2. The zero-order valence-corrected chi connectivity index (χ0v) is 50.0. The van der Waals surface area contributed by atoms with Gasteiger partial charge in [-0.1, -0.05) is 0 Å². The van der Waals surface area contributed by atoms with E-state index in [0.717, 1.165) is 10.8 Å². The molecule has 2 atom stereocenters. The number of rotatable bonds is 18. The second-order valence-corrected chi connectivity index (χ2v) is 10.4. The van der Waals surface area contributed by atoms with E-state index in [1.54, 1.807) is 48.5 Å². The van der Waals surface area contributed by atoms with Crippen LogP contribution < -0.4 is 20.7 Å². The molecule has 0 bridgehead atoms. The number of benzene rings is 2. The van der Waals surface area contributed by atoms with Crippen LogP contribution in [0.5, 0.6) is 11.5 Å². The molecule has 4 aromatic rings. The summed E-state index contributed by atoms with van der Waals surface area (Å²) in [6.07, 6.45) is -2.71. The minimum atomic E-state index is -0.749. The zero-order valence-electron chi connectivity index (χ0n) is 30.8. The Bertz CT molecular complexity index is 1490. The molecule has 55 heavy (non-hydrogen) atoms. The third-order valence-electron chi connectivity index (χ3n) is 5.94. The van der Waals surface area contributed by atoms with Crippen LogP contribution in [0.4, 0.5) is 0 Å². The molecule has 4 N–H and O–H groups in total. The first-order valence-electron chi connectivity index (χ1n) is 15.3. The molecule has 0 saturated heterocycles. The molecule has 0 spiro atoms. The molecule has 2 aromatic carbocycles. The molecule has 0 aliphatic carbocycles. The van der Waals surface area contributed by atoms with Crippen molar-refractivity contribution in [2.24, 2.45) is 0 Å². The van der Waals surface area contributed by atoms with Crippen LogP contribution in [0.3, 0.4) is 0 Å². The van der Waals surface area contributed by atoms with Gasteiger partial charge in [0.1, 0.15) is 48.1 Å². The fourth-order valence-electron chi connectivity index (χ4n) is 3.66. The molecule has 0 amide bonds. The molecule has 2 unspecified atom stereocenters. The van der Waals surface area contributed by atoms with Gasteiger partial charge in [-0.2, -0.15) is 0 Å². The average molecular weight is 1540 g/mol. The minimum Gasteiger partial charge on any atom is -0.553 e. The van der Waals surface area contributed by atoms with Crippen molar-refractivity contribution in [3.8, 4) is 11.5 Å². The largest absolute Gasteiger partial charge is 0.553 e. The Balaban J connectivity index is -0.000000689. The quantitative estimate of drug-likeness (QED) is 0.0833. The predicted molar refractivity (Wildman–Crippen MR) is 188 cm³/mol. The molecular formula is C36H46O16Rf3-6. The summed E-state index contributed by atoms with van der Waals surface area (Å²) >= 11 is 0. The van der Waals surface area contributed by atoms with Gasteiger partial charge in [-0.15, -0.1) is 0 Å². The molecule has 298 valence electrons. The van der Waals surface area contributed by atoms with Crippen LogP contribution in [-0.2, 0) is 28.4 Å². The molecule has 16 nitrogen and oxygen atoms in total. The van der Waals surface area contributed by atoms with Gasteiger partial charge in [-0.25, -0.2) is 52.2 Å². The van der Waals surface area contributed by atoms with Crippen molar-refractivity contribution in [3.05, 3.63) is 124 Å². The molecular weight excluding hydrogens is 1490 g/mol. The smallest absolute Gasteiger partial charge is 0.336 e.